The summed E-state index contributed by atoms with van der Waals surface area (Å²) in [5.74, 6) is 0.782. The third kappa shape index (κ3) is 4.43. The molecule has 1 saturated heterocycles. The zero-order valence-corrected chi connectivity index (χ0v) is 15.3. The van der Waals surface area contributed by atoms with Crippen LogP contribution in [0.2, 0.25) is 0 Å². The van der Waals surface area contributed by atoms with Crippen molar-refractivity contribution < 1.29 is 24.5 Å². The smallest absolute Gasteiger partial charge is 0.404 e. The molecule has 27 heavy (non-hydrogen) atoms. The number of rotatable bonds is 5. The van der Waals surface area contributed by atoms with Gasteiger partial charge in [-0.2, -0.15) is 0 Å². The van der Waals surface area contributed by atoms with Crippen molar-refractivity contribution in [3.63, 3.8) is 0 Å². The first-order chi connectivity index (χ1) is 12.9. The number of ether oxygens (including phenoxy) is 1. The molecule has 2 heterocycles. The van der Waals surface area contributed by atoms with E-state index in [1.165, 1.54) is 0 Å². The number of benzene rings is 1. The molecule has 0 saturated carbocycles. The molecular formula is C18H24N4O5. The second-order valence-corrected chi connectivity index (χ2v) is 6.87. The fourth-order valence-electron chi connectivity index (χ4n) is 3.82. The van der Waals surface area contributed by atoms with Crippen LogP contribution in [0.5, 0.6) is 5.75 Å². The monoisotopic (exact) mass is 376 g/mol. The number of likely N-dealkylation sites (tertiary alicyclic amines) is 1. The van der Waals surface area contributed by atoms with E-state index in [4.69, 9.17) is 14.9 Å². The number of piperidine rings is 1. The molecule has 1 aromatic heterocycles. The molecular weight excluding hydrogens is 352 g/mol. The van der Waals surface area contributed by atoms with Gasteiger partial charge >= 0.3 is 12.2 Å². The highest BCUT2D eigenvalue weighted by molar-refractivity contribution is 5.85. The van der Waals surface area contributed by atoms with Crippen molar-refractivity contribution in [2.45, 2.75) is 25.0 Å². The Morgan fingerprint density at radius 1 is 1.19 bits per heavy atom. The molecule has 1 aromatic carbocycles. The number of amides is 2. The van der Waals surface area contributed by atoms with E-state index < -0.39 is 12.2 Å². The summed E-state index contributed by atoms with van der Waals surface area (Å²) in [6.07, 6.45) is 0.265. The van der Waals surface area contributed by atoms with E-state index in [9.17, 15) is 9.59 Å². The minimum atomic E-state index is -1.10. The molecule has 2 amide bonds. The third-order valence-corrected chi connectivity index (χ3v) is 4.86. The summed E-state index contributed by atoms with van der Waals surface area (Å²) >= 11 is 0. The van der Waals surface area contributed by atoms with Gasteiger partial charge in [0.2, 0.25) is 0 Å². The molecule has 1 aliphatic heterocycles. The lowest BCUT2D eigenvalue weighted by Gasteiger charge is -2.37. The quantitative estimate of drug-likeness (QED) is 0.631. The average Bonchev–Trinajstić information content (AvgIpc) is 2.88. The Balaban J connectivity index is 1.81. The maximum Gasteiger partial charge on any atom is 0.404 e. The number of nitrogens with one attached hydrogen (secondary N) is 2. The van der Waals surface area contributed by atoms with Crippen LogP contribution in [0.15, 0.2) is 24.4 Å². The molecule has 2 atom stereocenters. The Labute approximate surface area is 156 Å². The van der Waals surface area contributed by atoms with Gasteiger partial charge in [0.25, 0.3) is 0 Å². The lowest BCUT2D eigenvalue weighted by atomic mass is 10.00. The molecule has 4 N–H and O–H groups in total. The predicted molar refractivity (Wildman–Crippen MR) is 99.3 cm³/mol. The Kier molecular flexibility index (Phi) is 5.41. The van der Waals surface area contributed by atoms with Gasteiger partial charge < -0.3 is 30.2 Å². The predicted octanol–water partition coefficient (Wildman–Crippen LogP) is 1.67. The van der Waals surface area contributed by atoms with Crippen LogP contribution in [0.3, 0.4) is 0 Å². The molecule has 1 aliphatic rings. The van der Waals surface area contributed by atoms with Gasteiger partial charge in [-0.25, -0.2) is 9.59 Å². The Bertz CT molecular complexity index is 826. The van der Waals surface area contributed by atoms with Gasteiger partial charge in [0.1, 0.15) is 5.75 Å². The van der Waals surface area contributed by atoms with E-state index in [1.54, 1.807) is 7.11 Å². The highest BCUT2D eigenvalue weighted by Crippen LogP contribution is 2.27. The lowest BCUT2D eigenvalue weighted by Crippen LogP contribution is -2.56. The zero-order chi connectivity index (χ0) is 19.6. The van der Waals surface area contributed by atoms with Crippen LogP contribution in [0.1, 0.15) is 12.0 Å². The fourth-order valence-corrected chi connectivity index (χ4v) is 3.82. The van der Waals surface area contributed by atoms with Crippen LogP contribution in [0.4, 0.5) is 9.59 Å². The molecule has 3 rings (SSSR count). The van der Waals surface area contributed by atoms with Crippen LogP contribution in [0, 0.1) is 0 Å². The molecule has 9 heteroatoms. The van der Waals surface area contributed by atoms with E-state index in [0.717, 1.165) is 22.2 Å². The van der Waals surface area contributed by atoms with Gasteiger partial charge in [-0.1, -0.05) is 0 Å². The molecule has 146 valence electrons. The van der Waals surface area contributed by atoms with Gasteiger partial charge in [0, 0.05) is 56.4 Å². The summed E-state index contributed by atoms with van der Waals surface area (Å²) in [5.41, 5.74) is 2.14. The van der Waals surface area contributed by atoms with Crippen molar-refractivity contribution in [1.82, 2.24) is 20.1 Å². The molecule has 0 aliphatic carbocycles. The number of carboxylic acid groups (broad SMARTS) is 2. The molecule has 0 radical (unpaired) electrons. The van der Waals surface area contributed by atoms with E-state index in [1.807, 2.05) is 36.0 Å². The first-order valence-corrected chi connectivity index (χ1v) is 8.69. The number of aromatic nitrogens is 1. The first-order valence-electron chi connectivity index (χ1n) is 8.69. The number of methoxy groups -OCH3 is 1. The maximum absolute atomic E-state index is 11.0. The Morgan fingerprint density at radius 2 is 1.81 bits per heavy atom. The summed E-state index contributed by atoms with van der Waals surface area (Å²) < 4.78 is 7.31. The van der Waals surface area contributed by atoms with Crippen LogP contribution in [-0.2, 0) is 13.6 Å². The normalized spacial score (nSPS) is 20.4. The summed E-state index contributed by atoms with van der Waals surface area (Å²) in [4.78, 5) is 24.1. The van der Waals surface area contributed by atoms with E-state index in [2.05, 4.69) is 15.5 Å². The lowest BCUT2D eigenvalue weighted by molar-refractivity contribution is 0.133. The number of nitrogens with zero attached hydrogens (tertiary/aromatic N) is 2. The highest BCUT2D eigenvalue weighted by Gasteiger charge is 2.29. The van der Waals surface area contributed by atoms with Crippen LogP contribution < -0.4 is 15.4 Å². The van der Waals surface area contributed by atoms with Gasteiger partial charge in [-0.3, -0.25) is 4.90 Å². The fraction of sp³-hybridized carbons (Fsp3) is 0.444. The summed E-state index contributed by atoms with van der Waals surface area (Å²) in [5, 5.41) is 24.1. The number of aryl methyl sites for hydroxylation is 1. The summed E-state index contributed by atoms with van der Waals surface area (Å²) in [7, 11) is 3.59. The zero-order valence-electron chi connectivity index (χ0n) is 15.3. The summed E-state index contributed by atoms with van der Waals surface area (Å²) in [6, 6.07) is 5.23. The first kappa shape index (κ1) is 18.8. The van der Waals surface area contributed by atoms with E-state index >= 15 is 0 Å². The van der Waals surface area contributed by atoms with Gasteiger partial charge in [0.05, 0.1) is 12.6 Å². The molecule has 2 unspecified atom stereocenters. The van der Waals surface area contributed by atoms with E-state index in [-0.39, 0.29) is 12.1 Å². The standard InChI is InChI=1S/C18H24N4O5/c1-21-7-11(15-4-3-14(27-2)6-16(15)21)8-22-9-12(19-17(23)24)5-13(10-22)20-18(25)26/h3-4,6-7,12-13,19-20H,5,8-10H2,1-2H3,(H,23,24)(H,25,26). The van der Waals surface area contributed by atoms with Crippen molar-refractivity contribution in [3.8, 4) is 5.75 Å². The van der Waals surface area contributed by atoms with Gasteiger partial charge in [-0.15, -0.1) is 0 Å². The number of hydrogen-bond donors (Lipinski definition) is 4. The molecule has 0 spiro atoms. The second-order valence-electron chi connectivity index (χ2n) is 6.87. The van der Waals surface area contributed by atoms with Crippen molar-refractivity contribution in [2.75, 3.05) is 20.2 Å². The summed E-state index contributed by atoms with van der Waals surface area (Å²) in [6.45, 7) is 1.65. The van der Waals surface area contributed by atoms with Crippen molar-refractivity contribution in [2.24, 2.45) is 7.05 Å². The Morgan fingerprint density at radius 3 is 2.37 bits per heavy atom. The van der Waals surface area contributed by atoms with E-state index in [0.29, 0.717) is 26.1 Å². The molecule has 9 nitrogen and oxygen atoms in total. The van der Waals surface area contributed by atoms with Crippen LogP contribution in [-0.4, -0.2) is 64.1 Å². The third-order valence-electron chi connectivity index (χ3n) is 4.86. The second kappa shape index (κ2) is 7.75. The number of carbonyl (C=O) groups is 2. The van der Waals surface area contributed by atoms with Gasteiger partial charge in [0.15, 0.2) is 0 Å². The minimum Gasteiger partial charge on any atom is -0.497 e. The molecule has 0 bridgehead atoms. The largest absolute Gasteiger partial charge is 0.497 e. The maximum atomic E-state index is 11.0. The SMILES string of the molecule is COc1ccc2c(CN3CC(NC(=O)O)CC(NC(=O)O)C3)cn(C)c2c1. The van der Waals surface area contributed by atoms with Crippen LogP contribution >= 0.6 is 0 Å². The van der Waals surface area contributed by atoms with Crippen molar-refractivity contribution >= 4 is 23.1 Å². The van der Waals surface area contributed by atoms with Crippen molar-refractivity contribution in [1.29, 1.82) is 0 Å². The topological polar surface area (TPSA) is 116 Å². The van der Waals surface area contributed by atoms with Gasteiger partial charge in [-0.05, 0) is 24.1 Å². The van der Waals surface area contributed by atoms with Crippen LogP contribution in [0.25, 0.3) is 10.9 Å². The number of hydrogen-bond acceptors (Lipinski definition) is 4. The Hall–Kier alpha value is -2.94. The number of fused-ring (bicyclic) bond motifs is 1. The average molecular weight is 376 g/mol. The van der Waals surface area contributed by atoms with Crippen molar-refractivity contribution in [3.05, 3.63) is 30.0 Å². The molecule has 2 aromatic rings. The molecule has 1 fully saturated rings. The minimum absolute atomic E-state index is 0.330. The highest BCUT2D eigenvalue weighted by atomic mass is 16.5.